The number of hydrogen-bond donors (Lipinski definition) is 1. The highest BCUT2D eigenvalue weighted by Crippen LogP contribution is 2.32. The fraction of sp³-hybridized carbons (Fsp3) is 0.429. The van der Waals surface area contributed by atoms with Gasteiger partial charge >= 0.3 is 5.97 Å². The Morgan fingerprint density at radius 3 is 2.85 bits per heavy atom. The number of rotatable bonds is 5. The van der Waals surface area contributed by atoms with Crippen molar-refractivity contribution < 1.29 is 28.9 Å². The quantitative estimate of drug-likeness (QED) is 0.638. The number of carbonyl (C=O) groups is 2. The maximum absolute atomic E-state index is 11.9. The summed E-state index contributed by atoms with van der Waals surface area (Å²) in [4.78, 5) is 23.8. The third-order valence-corrected chi connectivity index (χ3v) is 3.21. The number of aliphatic hydroxyl groups excluding tert-OH is 1. The molecule has 0 spiro atoms. The van der Waals surface area contributed by atoms with Crippen molar-refractivity contribution in [2.45, 2.75) is 19.1 Å². The fourth-order valence-corrected chi connectivity index (χ4v) is 2.18. The fourth-order valence-electron chi connectivity index (χ4n) is 2.18. The average molecular weight is 280 g/mol. The first-order valence-electron chi connectivity index (χ1n) is 6.19. The number of ketones is 1. The van der Waals surface area contributed by atoms with Crippen LogP contribution in [-0.4, -0.2) is 44.0 Å². The Kier molecular flexibility index (Phi) is 4.36. The summed E-state index contributed by atoms with van der Waals surface area (Å²) >= 11 is 0. The number of aliphatic hydroxyl groups is 1. The average Bonchev–Trinajstić information content (AvgIpc) is 2.85. The normalized spacial score (nSPS) is 14.7. The van der Waals surface area contributed by atoms with E-state index >= 15 is 0 Å². The molecule has 1 aromatic rings. The lowest BCUT2D eigenvalue weighted by molar-refractivity contribution is -0.0777. The molecule has 1 aliphatic rings. The second kappa shape index (κ2) is 6.02. The van der Waals surface area contributed by atoms with Gasteiger partial charge in [-0.2, -0.15) is 0 Å². The van der Waals surface area contributed by atoms with Gasteiger partial charge in [-0.3, -0.25) is 4.79 Å². The Bertz CT molecular complexity index is 537. The van der Waals surface area contributed by atoms with Crippen molar-refractivity contribution in [1.29, 1.82) is 0 Å². The molecule has 20 heavy (non-hydrogen) atoms. The van der Waals surface area contributed by atoms with Crippen LogP contribution in [0.5, 0.6) is 5.75 Å². The molecule has 1 aromatic carbocycles. The molecule has 6 heteroatoms. The third-order valence-electron chi connectivity index (χ3n) is 3.21. The summed E-state index contributed by atoms with van der Waals surface area (Å²) in [5, 5.41) is 9.42. The van der Waals surface area contributed by atoms with Gasteiger partial charge < -0.3 is 19.3 Å². The van der Waals surface area contributed by atoms with E-state index < -0.39 is 12.3 Å². The number of ether oxygens (including phenoxy) is 3. The molecule has 0 saturated carbocycles. The van der Waals surface area contributed by atoms with Gasteiger partial charge in [0.15, 0.2) is 12.9 Å². The number of aryl methyl sites for hydroxylation is 1. The van der Waals surface area contributed by atoms with E-state index in [2.05, 4.69) is 0 Å². The van der Waals surface area contributed by atoms with Crippen molar-refractivity contribution in [3.63, 3.8) is 0 Å². The first-order valence-corrected chi connectivity index (χ1v) is 6.19. The van der Waals surface area contributed by atoms with Crippen molar-refractivity contribution in [1.82, 2.24) is 0 Å². The van der Waals surface area contributed by atoms with Crippen molar-refractivity contribution in [2.24, 2.45) is 0 Å². The van der Waals surface area contributed by atoms with Gasteiger partial charge in [0.05, 0.1) is 18.2 Å². The topological polar surface area (TPSA) is 82.1 Å². The molecule has 1 unspecified atom stereocenters. The predicted octanol–water partition coefficient (Wildman–Crippen LogP) is 0.946. The van der Waals surface area contributed by atoms with Gasteiger partial charge in [-0.1, -0.05) is 6.07 Å². The molecule has 0 fully saturated rings. The van der Waals surface area contributed by atoms with Crippen LogP contribution in [-0.2, 0) is 15.9 Å². The van der Waals surface area contributed by atoms with Gasteiger partial charge in [-0.15, -0.1) is 0 Å². The summed E-state index contributed by atoms with van der Waals surface area (Å²) < 4.78 is 14.7. The number of fused-ring (bicyclic) bond motifs is 1. The molecule has 6 nitrogen and oxygen atoms in total. The number of carbonyl (C=O) groups excluding carboxylic acids is 2. The maximum atomic E-state index is 11.9. The molecule has 1 atom stereocenters. The van der Waals surface area contributed by atoms with Gasteiger partial charge in [-0.05, 0) is 18.1 Å². The minimum atomic E-state index is -0.916. The van der Waals surface area contributed by atoms with Crippen LogP contribution in [0.2, 0.25) is 0 Å². The zero-order valence-electron chi connectivity index (χ0n) is 11.3. The molecule has 0 aromatic heterocycles. The standard InChI is InChI=1S/C14H16O6/c1-18-11(16)6-4-8-3-5-10-13(9(15)7-20-10)12(8)14(17)19-2/h3,5,11,16H,4,6-7H2,1-2H3. The lowest BCUT2D eigenvalue weighted by Crippen LogP contribution is -2.15. The largest absolute Gasteiger partial charge is 0.485 e. The molecule has 0 radical (unpaired) electrons. The van der Waals surface area contributed by atoms with Crippen LogP contribution in [0.3, 0.4) is 0 Å². The van der Waals surface area contributed by atoms with Crippen molar-refractivity contribution >= 4 is 11.8 Å². The van der Waals surface area contributed by atoms with E-state index in [1.165, 1.54) is 14.2 Å². The molecular weight excluding hydrogens is 264 g/mol. The molecule has 108 valence electrons. The molecule has 0 bridgehead atoms. The van der Waals surface area contributed by atoms with E-state index in [-0.39, 0.29) is 23.5 Å². The number of Topliss-reactive ketones (excluding diaryl/α,β-unsaturated/α-hetero) is 1. The minimum Gasteiger partial charge on any atom is -0.485 e. The van der Waals surface area contributed by atoms with E-state index in [4.69, 9.17) is 14.2 Å². The first-order chi connectivity index (χ1) is 9.58. The lowest BCUT2D eigenvalue weighted by atomic mass is 9.95. The minimum absolute atomic E-state index is 0.0660. The third kappa shape index (κ3) is 2.66. The van der Waals surface area contributed by atoms with E-state index in [1.807, 2.05) is 0 Å². The number of esters is 1. The molecule has 0 aliphatic carbocycles. The maximum Gasteiger partial charge on any atom is 0.339 e. The Morgan fingerprint density at radius 2 is 2.20 bits per heavy atom. The number of benzene rings is 1. The Balaban J connectivity index is 2.39. The lowest BCUT2D eigenvalue weighted by Gasteiger charge is -2.13. The first kappa shape index (κ1) is 14.5. The van der Waals surface area contributed by atoms with E-state index in [9.17, 15) is 14.7 Å². The molecule has 1 heterocycles. The molecule has 1 aliphatic heterocycles. The predicted molar refractivity (Wildman–Crippen MR) is 68.9 cm³/mol. The SMILES string of the molecule is COC(=O)c1c(CCC(O)OC)ccc2c1C(=O)CO2. The van der Waals surface area contributed by atoms with Crippen LogP contribution in [0, 0.1) is 0 Å². The van der Waals surface area contributed by atoms with Crippen LogP contribution >= 0.6 is 0 Å². The number of methoxy groups -OCH3 is 2. The van der Waals surface area contributed by atoms with Crippen molar-refractivity contribution in [3.05, 3.63) is 28.8 Å². The van der Waals surface area contributed by atoms with Crippen LogP contribution < -0.4 is 4.74 Å². The highest BCUT2D eigenvalue weighted by Gasteiger charge is 2.30. The summed E-state index contributed by atoms with van der Waals surface area (Å²) in [5.41, 5.74) is 1.11. The smallest absolute Gasteiger partial charge is 0.339 e. The van der Waals surface area contributed by atoms with Gasteiger partial charge in [0.1, 0.15) is 5.75 Å². The number of hydrogen-bond acceptors (Lipinski definition) is 6. The van der Waals surface area contributed by atoms with Gasteiger partial charge in [0.25, 0.3) is 0 Å². The van der Waals surface area contributed by atoms with Crippen LogP contribution in [0.4, 0.5) is 0 Å². The second-order valence-corrected chi connectivity index (χ2v) is 4.41. The Labute approximate surface area is 116 Å². The second-order valence-electron chi connectivity index (χ2n) is 4.41. The van der Waals surface area contributed by atoms with Crippen molar-refractivity contribution in [2.75, 3.05) is 20.8 Å². The molecular formula is C14H16O6. The van der Waals surface area contributed by atoms with E-state index in [1.54, 1.807) is 12.1 Å². The zero-order valence-corrected chi connectivity index (χ0v) is 11.3. The van der Waals surface area contributed by atoms with Gasteiger partial charge in [0, 0.05) is 13.5 Å². The van der Waals surface area contributed by atoms with E-state index in [0.29, 0.717) is 24.2 Å². The molecule has 0 saturated heterocycles. The summed E-state index contributed by atoms with van der Waals surface area (Å²) in [6, 6.07) is 3.35. The zero-order chi connectivity index (χ0) is 14.7. The van der Waals surface area contributed by atoms with Crippen LogP contribution in [0.25, 0.3) is 0 Å². The summed E-state index contributed by atoms with van der Waals surface area (Å²) in [6.07, 6.45) is -0.213. The summed E-state index contributed by atoms with van der Waals surface area (Å²) in [7, 11) is 2.65. The van der Waals surface area contributed by atoms with E-state index in [0.717, 1.165) is 0 Å². The molecule has 2 rings (SSSR count). The Morgan fingerprint density at radius 1 is 1.45 bits per heavy atom. The molecule has 1 N–H and O–H groups in total. The monoisotopic (exact) mass is 280 g/mol. The van der Waals surface area contributed by atoms with Gasteiger partial charge in [-0.25, -0.2) is 4.79 Å². The Hall–Kier alpha value is -1.92. The van der Waals surface area contributed by atoms with Crippen molar-refractivity contribution in [3.8, 4) is 5.75 Å². The van der Waals surface area contributed by atoms with Crippen LogP contribution in [0.1, 0.15) is 32.7 Å². The summed E-state index contributed by atoms with van der Waals surface area (Å²) in [6.45, 7) is -0.0660. The van der Waals surface area contributed by atoms with Crippen LogP contribution in [0.15, 0.2) is 12.1 Å². The highest BCUT2D eigenvalue weighted by molar-refractivity contribution is 6.11. The highest BCUT2D eigenvalue weighted by atomic mass is 16.6. The van der Waals surface area contributed by atoms with Gasteiger partial charge in [0.2, 0.25) is 5.78 Å². The molecule has 0 amide bonds. The summed E-state index contributed by atoms with van der Waals surface area (Å²) in [5.74, 6) is -0.427.